The molecule has 0 radical (unpaired) electrons. The van der Waals surface area contributed by atoms with Crippen LogP contribution in [0.5, 0.6) is 0 Å². The summed E-state index contributed by atoms with van der Waals surface area (Å²) in [6.07, 6.45) is 1.76. The van der Waals surface area contributed by atoms with Gasteiger partial charge in [-0.25, -0.2) is 13.1 Å². The molecule has 0 unspecified atom stereocenters. The lowest BCUT2D eigenvalue weighted by Crippen LogP contribution is -2.45. The smallest absolute Gasteiger partial charge is 0.240 e. The van der Waals surface area contributed by atoms with Gasteiger partial charge in [0.15, 0.2) is 0 Å². The number of benzene rings is 1. The van der Waals surface area contributed by atoms with E-state index in [9.17, 15) is 8.42 Å². The van der Waals surface area contributed by atoms with E-state index in [-0.39, 0.29) is 21.5 Å². The Balaban J connectivity index is 2.19. The van der Waals surface area contributed by atoms with Crippen LogP contribution in [0.3, 0.4) is 0 Å². The molecule has 0 spiro atoms. The maximum absolute atomic E-state index is 12.2. The minimum atomic E-state index is -3.59. The van der Waals surface area contributed by atoms with Crippen molar-refractivity contribution in [2.24, 2.45) is 0 Å². The van der Waals surface area contributed by atoms with Gasteiger partial charge in [0.25, 0.3) is 0 Å². The third-order valence-electron chi connectivity index (χ3n) is 2.99. The van der Waals surface area contributed by atoms with Gasteiger partial charge in [-0.1, -0.05) is 11.6 Å². The first kappa shape index (κ1) is 14.3. The quantitative estimate of drug-likeness (QED) is 0.880. The van der Waals surface area contributed by atoms with E-state index in [2.05, 4.69) is 10.0 Å². The Morgan fingerprint density at radius 1 is 1.47 bits per heavy atom. The minimum Gasteiger partial charge on any atom is -0.315 e. The van der Waals surface area contributed by atoms with Crippen LogP contribution in [0, 0.1) is 11.3 Å². The zero-order valence-corrected chi connectivity index (χ0v) is 11.8. The van der Waals surface area contributed by atoms with Crippen molar-refractivity contribution < 1.29 is 8.42 Å². The fourth-order valence-electron chi connectivity index (χ4n) is 1.99. The van der Waals surface area contributed by atoms with Crippen LogP contribution in [0.2, 0.25) is 5.02 Å². The summed E-state index contributed by atoms with van der Waals surface area (Å²) in [6, 6.07) is 5.90. The molecule has 0 saturated carbocycles. The normalized spacial score (nSPS) is 19.9. The molecule has 102 valence electrons. The number of halogens is 1. The summed E-state index contributed by atoms with van der Waals surface area (Å²) in [5, 5.41) is 12.1. The van der Waals surface area contributed by atoms with Crippen molar-refractivity contribution in [3.05, 3.63) is 28.8 Å². The Hall–Kier alpha value is -1.13. The first-order valence-corrected chi connectivity index (χ1v) is 7.82. The number of piperidine rings is 1. The summed E-state index contributed by atoms with van der Waals surface area (Å²) in [4.78, 5) is 0.0853. The zero-order valence-electron chi connectivity index (χ0n) is 10.2. The Morgan fingerprint density at radius 3 is 2.84 bits per heavy atom. The van der Waals surface area contributed by atoms with Crippen LogP contribution in [0.1, 0.15) is 18.4 Å². The number of rotatable bonds is 3. The highest BCUT2D eigenvalue weighted by Gasteiger charge is 2.22. The van der Waals surface area contributed by atoms with Gasteiger partial charge in [-0.2, -0.15) is 5.26 Å². The van der Waals surface area contributed by atoms with Gasteiger partial charge in [0.05, 0.1) is 15.5 Å². The van der Waals surface area contributed by atoms with E-state index >= 15 is 0 Å². The maximum Gasteiger partial charge on any atom is 0.240 e. The second-order valence-corrected chi connectivity index (χ2v) is 6.54. The zero-order chi connectivity index (χ0) is 13.9. The van der Waals surface area contributed by atoms with E-state index in [1.807, 2.05) is 6.07 Å². The number of nitrogens with zero attached hydrogens (tertiary/aromatic N) is 1. The molecule has 1 saturated heterocycles. The van der Waals surface area contributed by atoms with Crippen LogP contribution in [-0.2, 0) is 10.0 Å². The summed E-state index contributed by atoms with van der Waals surface area (Å²) >= 11 is 5.85. The molecule has 2 rings (SSSR count). The molecule has 5 nitrogen and oxygen atoms in total. The molecule has 7 heteroatoms. The number of hydrogen-bond donors (Lipinski definition) is 2. The molecule has 0 aliphatic carbocycles. The van der Waals surface area contributed by atoms with E-state index in [1.54, 1.807) is 0 Å². The minimum absolute atomic E-state index is 0.0853. The predicted octanol–water partition coefficient (Wildman–Crippen LogP) is 1.24. The van der Waals surface area contributed by atoms with Crippen LogP contribution >= 0.6 is 11.6 Å². The first-order valence-electron chi connectivity index (χ1n) is 5.95. The van der Waals surface area contributed by atoms with E-state index in [0.29, 0.717) is 6.54 Å². The van der Waals surface area contributed by atoms with Crippen LogP contribution < -0.4 is 10.0 Å². The van der Waals surface area contributed by atoms with Crippen molar-refractivity contribution in [2.75, 3.05) is 13.1 Å². The molecule has 0 aromatic heterocycles. The Bertz CT molecular complexity index is 604. The highest BCUT2D eigenvalue weighted by atomic mass is 35.5. The first-order chi connectivity index (χ1) is 9.03. The van der Waals surface area contributed by atoms with Crippen molar-refractivity contribution in [3.8, 4) is 6.07 Å². The average molecular weight is 300 g/mol. The highest BCUT2D eigenvalue weighted by Crippen LogP contribution is 2.20. The molecule has 1 aliphatic heterocycles. The molecule has 0 amide bonds. The van der Waals surface area contributed by atoms with Crippen molar-refractivity contribution in [1.29, 1.82) is 5.26 Å². The summed E-state index contributed by atoms with van der Waals surface area (Å²) < 4.78 is 27.0. The van der Waals surface area contributed by atoms with Gasteiger partial charge in [-0.3, -0.25) is 0 Å². The third-order valence-corrected chi connectivity index (χ3v) is 4.82. The monoisotopic (exact) mass is 299 g/mol. The molecule has 1 aliphatic rings. The van der Waals surface area contributed by atoms with Crippen LogP contribution in [0.4, 0.5) is 0 Å². The van der Waals surface area contributed by atoms with Gasteiger partial charge in [-0.15, -0.1) is 0 Å². The number of hydrogen-bond acceptors (Lipinski definition) is 4. The van der Waals surface area contributed by atoms with Gasteiger partial charge >= 0.3 is 0 Å². The lowest BCUT2D eigenvalue weighted by Gasteiger charge is -2.23. The summed E-state index contributed by atoms with van der Waals surface area (Å²) in [7, 11) is -3.59. The molecule has 0 bridgehead atoms. The predicted molar refractivity (Wildman–Crippen MR) is 72.4 cm³/mol. The van der Waals surface area contributed by atoms with Gasteiger partial charge < -0.3 is 5.32 Å². The Kier molecular flexibility index (Phi) is 4.42. The van der Waals surface area contributed by atoms with Crippen molar-refractivity contribution in [2.45, 2.75) is 23.8 Å². The molecule has 2 N–H and O–H groups in total. The summed E-state index contributed by atoms with van der Waals surface area (Å²) in [5.41, 5.74) is 0.264. The highest BCUT2D eigenvalue weighted by molar-refractivity contribution is 7.89. The van der Waals surface area contributed by atoms with E-state index in [0.717, 1.165) is 19.4 Å². The maximum atomic E-state index is 12.2. The second-order valence-electron chi connectivity index (χ2n) is 4.42. The lowest BCUT2D eigenvalue weighted by molar-refractivity contribution is 0.428. The molecular weight excluding hydrogens is 286 g/mol. The standard InChI is InChI=1S/C12H14ClN3O2S/c13-12-6-11(4-3-9(12)7-14)19(17,18)16-10-2-1-5-15-8-10/h3-4,6,10,15-16H,1-2,5,8H2/t10-/m0/s1. The lowest BCUT2D eigenvalue weighted by atomic mass is 10.1. The fraction of sp³-hybridized carbons (Fsp3) is 0.417. The van der Waals surface area contributed by atoms with Crippen LogP contribution in [-0.4, -0.2) is 27.5 Å². The summed E-state index contributed by atoms with van der Waals surface area (Å²) in [5.74, 6) is 0. The Labute approximate surface area is 117 Å². The van der Waals surface area contributed by atoms with Crippen LogP contribution in [0.15, 0.2) is 23.1 Å². The molecule has 1 aromatic carbocycles. The van der Waals surface area contributed by atoms with E-state index < -0.39 is 10.0 Å². The molecule has 1 aromatic rings. The molecule has 19 heavy (non-hydrogen) atoms. The van der Waals surface area contributed by atoms with Crippen molar-refractivity contribution in [3.63, 3.8) is 0 Å². The Morgan fingerprint density at radius 2 is 2.26 bits per heavy atom. The topological polar surface area (TPSA) is 82.0 Å². The molecule has 1 atom stereocenters. The second kappa shape index (κ2) is 5.88. The third kappa shape index (κ3) is 3.45. The number of nitrogens with one attached hydrogen (secondary N) is 2. The summed E-state index contributed by atoms with van der Waals surface area (Å²) in [6.45, 7) is 1.55. The van der Waals surface area contributed by atoms with Crippen LogP contribution in [0.25, 0.3) is 0 Å². The molecule has 1 heterocycles. The van der Waals surface area contributed by atoms with Gasteiger partial charge in [0.2, 0.25) is 10.0 Å². The number of nitriles is 1. The van der Waals surface area contributed by atoms with Crippen molar-refractivity contribution in [1.82, 2.24) is 10.0 Å². The molecular formula is C12H14ClN3O2S. The van der Waals surface area contributed by atoms with E-state index in [4.69, 9.17) is 16.9 Å². The van der Waals surface area contributed by atoms with Crippen molar-refractivity contribution >= 4 is 21.6 Å². The van der Waals surface area contributed by atoms with Gasteiger partial charge in [-0.05, 0) is 37.6 Å². The van der Waals surface area contributed by atoms with Gasteiger partial charge in [0, 0.05) is 12.6 Å². The average Bonchev–Trinajstić information content (AvgIpc) is 2.39. The fourth-order valence-corrected chi connectivity index (χ4v) is 3.58. The molecule has 1 fully saturated rings. The van der Waals surface area contributed by atoms with E-state index in [1.165, 1.54) is 18.2 Å². The largest absolute Gasteiger partial charge is 0.315 e. The number of sulfonamides is 1. The van der Waals surface area contributed by atoms with Gasteiger partial charge in [0.1, 0.15) is 6.07 Å². The SMILES string of the molecule is N#Cc1ccc(S(=O)(=O)N[C@H]2CCCNC2)cc1Cl.